The lowest BCUT2D eigenvalue weighted by Gasteiger charge is -2.38. The highest BCUT2D eigenvalue weighted by atomic mass is 19.3. The first-order valence-electron chi connectivity index (χ1n) is 11.6. The molecule has 1 atom stereocenters. The molecule has 1 aliphatic heterocycles. The molecule has 1 aromatic carbocycles. The smallest absolute Gasteiger partial charge is 0.262 e. The third-order valence-corrected chi connectivity index (χ3v) is 6.41. The highest BCUT2D eigenvalue weighted by Crippen LogP contribution is 2.30. The van der Waals surface area contributed by atoms with Gasteiger partial charge in [-0.05, 0) is 49.2 Å². The number of fused-ring (bicyclic) bond motifs is 1. The molecule has 2 aliphatic rings. The number of pyridine rings is 1. The molecule has 2 aromatic heterocycles. The number of nitrogens with one attached hydrogen (secondary N) is 2. The molecule has 1 amide bonds. The van der Waals surface area contributed by atoms with Crippen LogP contribution in [0.25, 0.3) is 22.2 Å². The van der Waals surface area contributed by atoms with Crippen molar-refractivity contribution in [2.24, 2.45) is 0 Å². The van der Waals surface area contributed by atoms with Gasteiger partial charge >= 0.3 is 0 Å². The van der Waals surface area contributed by atoms with Gasteiger partial charge in [0.2, 0.25) is 0 Å². The van der Waals surface area contributed by atoms with Crippen LogP contribution in [0, 0.1) is 0 Å². The largest absolute Gasteiger partial charge is 0.497 e. The first kappa shape index (κ1) is 23.2. The van der Waals surface area contributed by atoms with Gasteiger partial charge in [-0.25, -0.2) is 8.78 Å². The van der Waals surface area contributed by atoms with Crippen molar-refractivity contribution in [3.8, 4) is 11.3 Å². The highest BCUT2D eigenvalue weighted by molar-refractivity contribution is 6.01. The molecule has 0 radical (unpaired) electrons. The predicted octanol–water partition coefficient (Wildman–Crippen LogP) is 4.31. The van der Waals surface area contributed by atoms with Crippen LogP contribution < -0.4 is 5.32 Å². The molecule has 35 heavy (non-hydrogen) atoms. The number of rotatable bonds is 6. The Labute approximate surface area is 201 Å². The molecule has 1 fully saturated rings. The van der Waals surface area contributed by atoms with E-state index in [4.69, 9.17) is 4.74 Å². The van der Waals surface area contributed by atoms with Crippen LogP contribution in [0.5, 0.6) is 0 Å². The topological polar surface area (TPSA) is 83.1 Å². The summed E-state index contributed by atoms with van der Waals surface area (Å²) in [5, 5.41) is 11.0. The van der Waals surface area contributed by atoms with Crippen molar-refractivity contribution in [1.29, 1.82) is 0 Å². The lowest BCUT2D eigenvalue weighted by molar-refractivity contribution is -0.0716. The van der Waals surface area contributed by atoms with E-state index in [1.54, 1.807) is 42.6 Å². The van der Waals surface area contributed by atoms with E-state index >= 15 is 0 Å². The fourth-order valence-electron chi connectivity index (χ4n) is 4.87. The number of alkyl halides is 2. The van der Waals surface area contributed by atoms with Crippen molar-refractivity contribution >= 4 is 16.8 Å². The Kier molecular flexibility index (Phi) is 6.34. The SMILES string of the molecule is COC1=CCCC=C1CN1CC(NC(=O)c2ccc3[nH]nc(-c4ccncc4)c3c2)CC(F)(F)C1. The zero-order valence-corrected chi connectivity index (χ0v) is 19.4. The van der Waals surface area contributed by atoms with Gasteiger partial charge in [0, 0.05) is 60.0 Å². The fourth-order valence-corrected chi connectivity index (χ4v) is 4.87. The number of nitrogens with zero attached hydrogens (tertiary/aromatic N) is 3. The highest BCUT2D eigenvalue weighted by Gasteiger charge is 2.41. The van der Waals surface area contributed by atoms with Gasteiger partial charge in [0.1, 0.15) is 11.5 Å². The minimum Gasteiger partial charge on any atom is -0.497 e. The van der Waals surface area contributed by atoms with Crippen LogP contribution >= 0.6 is 0 Å². The minimum atomic E-state index is -2.90. The van der Waals surface area contributed by atoms with Gasteiger partial charge in [-0.1, -0.05) is 6.08 Å². The Hall–Kier alpha value is -3.59. The third kappa shape index (κ3) is 5.09. The first-order valence-corrected chi connectivity index (χ1v) is 11.6. The van der Waals surface area contributed by atoms with Crippen LogP contribution in [-0.4, -0.2) is 64.7 Å². The van der Waals surface area contributed by atoms with Crippen LogP contribution in [0.3, 0.4) is 0 Å². The van der Waals surface area contributed by atoms with E-state index in [9.17, 15) is 13.6 Å². The lowest BCUT2D eigenvalue weighted by atomic mass is 9.98. The quantitative estimate of drug-likeness (QED) is 0.551. The maximum absolute atomic E-state index is 14.6. The Bertz CT molecular complexity index is 1290. The van der Waals surface area contributed by atoms with E-state index in [0.29, 0.717) is 24.3 Å². The molecule has 1 aliphatic carbocycles. The standard InChI is InChI=1S/C26H27F2N5O2/c1-35-23-5-3-2-4-19(23)14-33-15-20(13-26(27,28)16-33)30-25(34)18-6-7-22-21(12-18)24(32-31-22)17-8-10-29-11-9-17/h4-12,20H,2-3,13-16H2,1H3,(H,30,34)(H,31,32). The molecule has 3 aromatic rings. The second kappa shape index (κ2) is 9.58. The number of piperidine rings is 1. The second-order valence-electron chi connectivity index (χ2n) is 9.05. The fraction of sp³-hybridized carbons (Fsp3) is 0.346. The van der Waals surface area contributed by atoms with Crippen molar-refractivity contribution < 1.29 is 18.3 Å². The van der Waals surface area contributed by atoms with E-state index in [-0.39, 0.29) is 12.5 Å². The van der Waals surface area contributed by atoms with Crippen LogP contribution in [-0.2, 0) is 4.74 Å². The number of hydrogen-bond acceptors (Lipinski definition) is 5. The van der Waals surface area contributed by atoms with Crippen LogP contribution in [0.2, 0.25) is 0 Å². The molecular weight excluding hydrogens is 452 g/mol. The summed E-state index contributed by atoms with van der Waals surface area (Å²) >= 11 is 0. The molecule has 1 unspecified atom stereocenters. The Balaban J connectivity index is 1.32. The molecule has 2 N–H and O–H groups in total. The molecule has 182 valence electrons. The monoisotopic (exact) mass is 479 g/mol. The van der Waals surface area contributed by atoms with Crippen molar-refractivity contribution in [3.63, 3.8) is 0 Å². The predicted molar refractivity (Wildman–Crippen MR) is 129 cm³/mol. The van der Waals surface area contributed by atoms with E-state index < -0.39 is 18.4 Å². The first-order chi connectivity index (χ1) is 16.9. The number of aromatic nitrogens is 3. The minimum absolute atomic E-state index is 0.339. The van der Waals surface area contributed by atoms with Gasteiger partial charge < -0.3 is 10.1 Å². The van der Waals surface area contributed by atoms with Crippen molar-refractivity contribution in [1.82, 2.24) is 25.4 Å². The van der Waals surface area contributed by atoms with Crippen LogP contribution in [0.15, 0.2) is 66.2 Å². The third-order valence-electron chi connectivity index (χ3n) is 6.41. The summed E-state index contributed by atoms with van der Waals surface area (Å²) in [4.78, 5) is 18.8. The van der Waals surface area contributed by atoms with Crippen molar-refractivity contribution in [2.75, 3.05) is 26.7 Å². The molecule has 0 bridgehead atoms. The number of carbonyl (C=O) groups is 1. The molecule has 7 nitrogen and oxygen atoms in total. The number of ether oxygens (including phenoxy) is 1. The van der Waals surface area contributed by atoms with Gasteiger partial charge in [0.05, 0.1) is 19.2 Å². The van der Waals surface area contributed by atoms with E-state index in [1.807, 2.05) is 24.3 Å². The maximum atomic E-state index is 14.6. The normalized spacial score (nSPS) is 20.3. The Morgan fingerprint density at radius 3 is 2.83 bits per heavy atom. The van der Waals surface area contributed by atoms with Crippen molar-refractivity contribution in [2.45, 2.75) is 31.2 Å². The van der Waals surface area contributed by atoms with E-state index in [1.165, 1.54) is 0 Å². The number of hydrogen-bond donors (Lipinski definition) is 2. The molecule has 5 rings (SSSR count). The summed E-state index contributed by atoms with van der Waals surface area (Å²) in [7, 11) is 1.59. The number of carbonyl (C=O) groups excluding carboxylic acids is 1. The summed E-state index contributed by atoms with van der Waals surface area (Å²) in [6.07, 6.45) is 8.74. The number of amides is 1. The average Bonchev–Trinajstić information content (AvgIpc) is 3.27. The molecule has 0 spiro atoms. The summed E-state index contributed by atoms with van der Waals surface area (Å²) in [6.45, 7) is 0.355. The summed E-state index contributed by atoms with van der Waals surface area (Å²) in [5.74, 6) is -2.54. The maximum Gasteiger partial charge on any atom is 0.262 e. The average molecular weight is 480 g/mol. The lowest BCUT2D eigenvalue weighted by Crippen LogP contribution is -2.55. The molecule has 1 saturated heterocycles. The molecule has 0 saturated carbocycles. The van der Waals surface area contributed by atoms with Crippen LogP contribution in [0.1, 0.15) is 29.6 Å². The number of benzene rings is 1. The Morgan fingerprint density at radius 2 is 2.03 bits per heavy atom. The summed E-state index contributed by atoms with van der Waals surface area (Å²) in [6, 6.07) is 8.20. The number of methoxy groups -OCH3 is 1. The van der Waals surface area contributed by atoms with Gasteiger partial charge in [-0.2, -0.15) is 5.10 Å². The van der Waals surface area contributed by atoms with Crippen LogP contribution in [0.4, 0.5) is 8.78 Å². The number of aromatic amines is 1. The zero-order valence-electron chi connectivity index (χ0n) is 19.4. The van der Waals surface area contributed by atoms with Gasteiger partial charge in [-0.3, -0.25) is 19.8 Å². The van der Waals surface area contributed by atoms with E-state index in [0.717, 1.165) is 40.6 Å². The number of H-pyrrole nitrogens is 1. The Morgan fingerprint density at radius 1 is 1.23 bits per heavy atom. The summed E-state index contributed by atoms with van der Waals surface area (Å²) in [5.41, 5.74) is 3.67. The number of likely N-dealkylation sites (tertiary alicyclic amines) is 1. The second-order valence-corrected chi connectivity index (χ2v) is 9.05. The molecule has 3 heterocycles. The summed E-state index contributed by atoms with van der Waals surface area (Å²) < 4.78 is 34.7. The molecular formula is C26H27F2N5O2. The molecule has 9 heteroatoms. The van der Waals surface area contributed by atoms with Gasteiger partial charge in [-0.15, -0.1) is 0 Å². The number of allylic oxidation sites excluding steroid dienone is 2. The van der Waals surface area contributed by atoms with Crippen molar-refractivity contribution in [3.05, 3.63) is 71.8 Å². The van der Waals surface area contributed by atoms with Gasteiger partial charge in [0.15, 0.2) is 0 Å². The van der Waals surface area contributed by atoms with Gasteiger partial charge in [0.25, 0.3) is 11.8 Å². The number of halogens is 2. The van der Waals surface area contributed by atoms with E-state index in [2.05, 4.69) is 20.5 Å². The zero-order chi connectivity index (χ0) is 24.4.